The molecule has 0 heterocycles. The molecular weight excluding hydrogens is 265 g/mol. The fourth-order valence-electron chi connectivity index (χ4n) is 1.95. The van der Waals surface area contributed by atoms with Crippen LogP contribution in [-0.2, 0) is 5.54 Å². The zero-order valence-corrected chi connectivity index (χ0v) is 11.5. The second-order valence-electron chi connectivity index (χ2n) is 4.56. The zero-order chi connectivity index (χ0) is 14.0. The Bertz CT molecular complexity index is 581. The van der Waals surface area contributed by atoms with E-state index in [2.05, 4.69) is 0 Å². The summed E-state index contributed by atoms with van der Waals surface area (Å²) in [6, 6.07) is 11.5. The fourth-order valence-corrected chi connectivity index (χ4v) is 2.14. The summed E-state index contributed by atoms with van der Waals surface area (Å²) in [4.78, 5) is 0. The van der Waals surface area contributed by atoms with E-state index < -0.39 is 5.54 Å². The Morgan fingerprint density at radius 1 is 1.11 bits per heavy atom. The summed E-state index contributed by atoms with van der Waals surface area (Å²) in [6.07, 6.45) is 0. The SMILES string of the molecule is COc1cc(C(C)(N)c2ccc(F)cc2)ccc1Cl. The molecule has 100 valence electrons. The van der Waals surface area contributed by atoms with Crippen molar-refractivity contribution in [2.24, 2.45) is 5.73 Å². The Kier molecular flexibility index (Phi) is 3.78. The van der Waals surface area contributed by atoms with E-state index in [-0.39, 0.29) is 5.82 Å². The third-order valence-corrected chi connectivity index (χ3v) is 3.51. The van der Waals surface area contributed by atoms with Gasteiger partial charge in [0.15, 0.2) is 0 Å². The number of hydrogen-bond acceptors (Lipinski definition) is 2. The first-order valence-corrected chi connectivity index (χ1v) is 6.22. The van der Waals surface area contributed by atoms with Crippen molar-refractivity contribution < 1.29 is 9.13 Å². The van der Waals surface area contributed by atoms with Crippen molar-refractivity contribution in [2.75, 3.05) is 7.11 Å². The molecule has 0 aliphatic carbocycles. The molecule has 1 unspecified atom stereocenters. The lowest BCUT2D eigenvalue weighted by Crippen LogP contribution is -2.34. The molecule has 0 saturated heterocycles. The summed E-state index contributed by atoms with van der Waals surface area (Å²) in [6.45, 7) is 1.86. The molecule has 2 aromatic carbocycles. The topological polar surface area (TPSA) is 35.2 Å². The quantitative estimate of drug-likeness (QED) is 0.929. The Morgan fingerprint density at radius 2 is 1.68 bits per heavy atom. The van der Waals surface area contributed by atoms with Gasteiger partial charge in [-0.2, -0.15) is 0 Å². The van der Waals surface area contributed by atoms with Gasteiger partial charge in [-0.05, 0) is 42.3 Å². The van der Waals surface area contributed by atoms with Gasteiger partial charge in [0, 0.05) is 0 Å². The second-order valence-corrected chi connectivity index (χ2v) is 4.97. The normalized spacial score (nSPS) is 13.9. The van der Waals surface area contributed by atoms with Crippen molar-refractivity contribution in [3.8, 4) is 5.75 Å². The first-order valence-electron chi connectivity index (χ1n) is 5.84. The molecule has 0 aromatic heterocycles. The number of nitrogens with two attached hydrogens (primary N) is 1. The summed E-state index contributed by atoms with van der Waals surface area (Å²) in [5, 5.41) is 0.529. The maximum Gasteiger partial charge on any atom is 0.137 e. The van der Waals surface area contributed by atoms with Gasteiger partial charge in [0.1, 0.15) is 11.6 Å². The van der Waals surface area contributed by atoms with Crippen LogP contribution in [0.4, 0.5) is 4.39 Å². The highest BCUT2D eigenvalue weighted by molar-refractivity contribution is 6.32. The first-order chi connectivity index (χ1) is 8.95. The van der Waals surface area contributed by atoms with Gasteiger partial charge < -0.3 is 10.5 Å². The van der Waals surface area contributed by atoms with Gasteiger partial charge >= 0.3 is 0 Å². The van der Waals surface area contributed by atoms with Gasteiger partial charge in [-0.15, -0.1) is 0 Å². The van der Waals surface area contributed by atoms with E-state index in [1.165, 1.54) is 12.1 Å². The predicted octanol–water partition coefficient (Wildman–Crippen LogP) is 3.71. The zero-order valence-electron chi connectivity index (χ0n) is 10.8. The number of rotatable bonds is 3. The minimum atomic E-state index is -0.744. The highest BCUT2D eigenvalue weighted by Crippen LogP contribution is 2.32. The van der Waals surface area contributed by atoms with Gasteiger partial charge in [0.25, 0.3) is 0 Å². The molecule has 0 amide bonds. The molecule has 2 nitrogen and oxygen atoms in total. The van der Waals surface area contributed by atoms with E-state index in [1.807, 2.05) is 13.0 Å². The van der Waals surface area contributed by atoms with Crippen LogP contribution in [0.1, 0.15) is 18.1 Å². The maximum atomic E-state index is 13.0. The van der Waals surface area contributed by atoms with Gasteiger partial charge in [0.2, 0.25) is 0 Å². The molecule has 1 atom stereocenters. The first kappa shape index (κ1) is 13.8. The molecule has 2 rings (SSSR count). The molecular formula is C15H15ClFNO. The van der Waals surface area contributed by atoms with Crippen molar-refractivity contribution in [2.45, 2.75) is 12.5 Å². The Hall–Kier alpha value is -1.58. The maximum absolute atomic E-state index is 13.0. The largest absolute Gasteiger partial charge is 0.495 e. The standard InChI is InChI=1S/C15H15ClFNO/c1-15(18,10-3-6-12(17)7-4-10)11-5-8-13(16)14(9-11)19-2/h3-9H,18H2,1-2H3. The molecule has 19 heavy (non-hydrogen) atoms. The van der Waals surface area contributed by atoms with Crippen LogP contribution in [-0.4, -0.2) is 7.11 Å². The van der Waals surface area contributed by atoms with Gasteiger partial charge in [0.05, 0.1) is 17.7 Å². The van der Waals surface area contributed by atoms with E-state index in [0.29, 0.717) is 10.8 Å². The van der Waals surface area contributed by atoms with Crippen molar-refractivity contribution in [1.29, 1.82) is 0 Å². The number of methoxy groups -OCH3 is 1. The fraction of sp³-hybridized carbons (Fsp3) is 0.200. The Balaban J connectivity index is 2.46. The lowest BCUT2D eigenvalue weighted by atomic mass is 9.85. The van der Waals surface area contributed by atoms with Crippen molar-refractivity contribution in [3.63, 3.8) is 0 Å². The van der Waals surface area contributed by atoms with Crippen LogP contribution in [0.25, 0.3) is 0 Å². The third kappa shape index (κ3) is 2.72. The molecule has 0 saturated carbocycles. The summed E-state index contributed by atoms with van der Waals surface area (Å²) < 4.78 is 18.2. The average molecular weight is 280 g/mol. The summed E-state index contributed by atoms with van der Waals surface area (Å²) in [5.74, 6) is 0.284. The molecule has 0 aliphatic rings. The number of ether oxygens (including phenoxy) is 1. The predicted molar refractivity (Wildman–Crippen MR) is 75.0 cm³/mol. The van der Waals surface area contributed by atoms with Crippen molar-refractivity contribution in [1.82, 2.24) is 0 Å². The number of hydrogen-bond donors (Lipinski definition) is 1. The molecule has 0 bridgehead atoms. The van der Waals surface area contributed by atoms with Crippen LogP contribution < -0.4 is 10.5 Å². The van der Waals surface area contributed by atoms with Crippen molar-refractivity contribution in [3.05, 3.63) is 64.4 Å². The highest BCUT2D eigenvalue weighted by Gasteiger charge is 2.24. The summed E-state index contributed by atoms with van der Waals surface area (Å²) >= 11 is 6.00. The average Bonchev–Trinajstić information content (AvgIpc) is 2.39. The number of halogens is 2. The van der Waals surface area contributed by atoms with E-state index in [9.17, 15) is 4.39 Å². The van der Waals surface area contributed by atoms with Gasteiger partial charge in [-0.25, -0.2) is 4.39 Å². The van der Waals surface area contributed by atoms with Crippen LogP contribution in [0, 0.1) is 5.82 Å². The Morgan fingerprint density at radius 3 is 2.26 bits per heavy atom. The molecule has 0 spiro atoms. The van der Waals surface area contributed by atoms with E-state index in [4.69, 9.17) is 22.1 Å². The second kappa shape index (κ2) is 5.19. The van der Waals surface area contributed by atoms with Gasteiger partial charge in [-0.3, -0.25) is 0 Å². The molecule has 4 heteroatoms. The monoisotopic (exact) mass is 279 g/mol. The summed E-state index contributed by atoms with van der Waals surface area (Å²) in [7, 11) is 1.55. The van der Waals surface area contributed by atoms with E-state index in [1.54, 1.807) is 31.4 Å². The minimum Gasteiger partial charge on any atom is -0.495 e. The van der Waals surface area contributed by atoms with Gasteiger partial charge in [-0.1, -0.05) is 29.8 Å². The van der Waals surface area contributed by atoms with Crippen LogP contribution in [0.15, 0.2) is 42.5 Å². The highest BCUT2D eigenvalue weighted by atomic mass is 35.5. The molecule has 2 aromatic rings. The van der Waals surface area contributed by atoms with E-state index in [0.717, 1.165) is 11.1 Å². The minimum absolute atomic E-state index is 0.284. The Labute approximate surface area is 117 Å². The number of benzene rings is 2. The van der Waals surface area contributed by atoms with Crippen LogP contribution in [0.3, 0.4) is 0 Å². The van der Waals surface area contributed by atoms with Crippen molar-refractivity contribution >= 4 is 11.6 Å². The lowest BCUT2D eigenvalue weighted by Gasteiger charge is -2.26. The summed E-state index contributed by atoms with van der Waals surface area (Å²) in [5.41, 5.74) is 7.28. The lowest BCUT2D eigenvalue weighted by molar-refractivity contribution is 0.413. The van der Waals surface area contributed by atoms with Crippen LogP contribution >= 0.6 is 11.6 Å². The van der Waals surface area contributed by atoms with Crippen LogP contribution in [0.2, 0.25) is 5.02 Å². The molecule has 0 aliphatic heterocycles. The molecule has 2 N–H and O–H groups in total. The van der Waals surface area contributed by atoms with Crippen LogP contribution in [0.5, 0.6) is 5.75 Å². The van der Waals surface area contributed by atoms with E-state index >= 15 is 0 Å². The molecule has 0 radical (unpaired) electrons. The smallest absolute Gasteiger partial charge is 0.137 e. The third-order valence-electron chi connectivity index (χ3n) is 3.19. The molecule has 0 fully saturated rings.